The summed E-state index contributed by atoms with van der Waals surface area (Å²) in [6, 6.07) is 0. The van der Waals surface area contributed by atoms with Gasteiger partial charge in [-0.3, -0.25) is 0 Å². The highest BCUT2D eigenvalue weighted by molar-refractivity contribution is 4.96. The maximum absolute atomic E-state index is 10.7. The van der Waals surface area contributed by atoms with Gasteiger partial charge in [0.2, 0.25) is 0 Å². The first kappa shape index (κ1) is 29.9. The predicted octanol–water partition coefficient (Wildman–Crippen LogP) is -6.53. The van der Waals surface area contributed by atoms with Crippen LogP contribution in [-0.4, -0.2) is 170 Å². The molecule has 10 N–H and O–H groups in total. The molecule has 3 aliphatic rings. The second kappa shape index (κ2) is 12.9. The molecule has 3 aliphatic heterocycles. The number of ether oxygens (including phenoxy) is 6. The molecule has 3 saturated heterocycles. The lowest BCUT2D eigenvalue weighted by molar-refractivity contribution is -0.379. The van der Waals surface area contributed by atoms with E-state index in [0.717, 1.165) is 0 Å². The van der Waals surface area contributed by atoms with E-state index in [1.807, 2.05) is 0 Å². The Balaban J connectivity index is 1.71. The van der Waals surface area contributed by atoms with E-state index in [4.69, 9.17) is 28.4 Å². The topological polar surface area (TPSA) is 258 Å². The molecule has 15 atom stereocenters. The van der Waals surface area contributed by atoms with Crippen LogP contribution in [0.25, 0.3) is 0 Å². The molecule has 36 heavy (non-hydrogen) atoms. The highest BCUT2D eigenvalue weighted by Crippen LogP contribution is 2.32. The summed E-state index contributed by atoms with van der Waals surface area (Å²) in [6.07, 6.45) is -23.8. The van der Waals surface area contributed by atoms with E-state index in [2.05, 4.69) is 0 Å². The molecular weight excluding hydrogens is 496 g/mol. The molecule has 0 aromatic heterocycles. The highest BCUT2D eigenvalue weighted by Gasteiger charge is 2.53. The number of hydrogen-bond acceptors (Lipinski definition) is 16. The molecule has 3 heterocycles. The average molecular weight is 532 g/mol. The first-order valence-electron chi connectivity index (χ1n) is 11.6. The molecule has 0 saturated carbocycles. The van der Waals surface area contributed by atoms with E-state index < -0.39 is 112 Å². The molecular formula is C20H36O16. The van der Waals surface area contributed by atoms with Gasteiger partial charge >= 0.3 is 0 Å². The first-order valence-corrected chi connectivity index (χ1v) is 11.6. The van der Waals surface area contributed by atoms with Gasteiger partial charge in [0.15, 0.2) is 18.9 Å². The minimum atomic E-state index is -1.88. The third kappa shape index (κ3) is 5.99. The van der Waals surface area contributed by atoms with Gasteiger partial charge in [-0.15, -0.1) is 0 Å². The van der Waals surface area contributed by atoms with Gasteiger partial charge < -0.3 is 79.5 Å². The van der Waals surface area contributed by atoms with Crippen molar-refractivity contribution in [2.75, 3.05) is 26.4 Å². The number of hydrogen-bond donors (Lipinski definition) is 10. The zero-order chi connectivity index (χ0) is 26.7. The average Bonchev–Trinajstić information content (AvgIpc) is 2.87. The number of aliphatic hydroxyl groups excluding tert-OH is 10. The molecule has 16 nitrogen and oxygen atoms in total. The summed E-state index contributed by atoms with van der Waals surface area (Å²) in [5.41, 5.74) is 0. The monoisotopic (exact) mass is 532 g/mol. The Morgan fingerprint density at radius 2 is 0.889 bits per heavy atom. The van der Waals surface area contributed by atoms with Gasteiger partial charge in [0.25, 0.3) is 0 Å². The van der Waals surface area contributed by atoms with Crippen molar-refractivity contribution in [3.63, 3.8) is 0 Å². The second-order valence-electron chi connectivity index (χ2n) is 8.77. The SMILES string of the molecule is CCO[C@@H]1O[C@H](CO)[C@@H](O[C@@H]2O[C@H](CO)[C@H](O[C@H]3O[C@H](CO)[C@H](O)[C@H](O)[C@H]3O)[C@H](O)[C@H]2O)[C@H](O)[C@H]1O. The minimum absolute atomic E-state index is 0.142. The van der Waals surface area contributed by atoms with Crippen molar-refractivity contribution in [1.29, 1.82) is 0 Å². The summed E-state index contributed by atoms with van der Waals surface area (Å²) in [5.74, 6) is 0. The van der Waals surface area contributed by atoms with E-state index in [1.165, 1.54) is 0 Å². The van der Waals surface area contributed by atoms with Crippen LogP contribution in [0.3, 0.4) is 0 Å². The fraction of sp³-hybridized carbons (Fsp3) is 1.00. The Morgan fingerprint density at radius 1 is 0.500 bits per heavy atom. The lowest BCUT2D eigenvalue weighted by Crippen LogP contribution is -2.66. The summed E-state index contributed by atoms with van der Waals surface area (Å²) >= 11 is 0. The van der Waals surface area contributed by atoms with Gasteiger partial charge in [0.1, 0.15) is 73.2 Å². The number of rotatable bonds is 9. The highest BCUT2D eigenvalue weighted by atomic mass is 16.8. The summed E-state index contributed by atoms with van der Waals surface area (Å²) in [4.78, 5) is 0. The van der Waals surface area contributed by atoms with Crippen LogP contribution in [0.2, 0.25) is 0 Å². The summed E-state index contributed by atoms with van der Waals surface area (Å²) < 4.78 is 32.3. The molecule has 0 aromatic carbocycles. The van der Waals surface area contributed by atoms with Gasteiger partial charge in [0.05, 0.1) is 19.8 Å². The van der Waals surface area contributed by atoms with E-state index in [0.29, 0.717) is 0 Å². The van der Waals surface area contributed by atoms with Crippen molar-refractivity contribution in [1.82, 2.24) is 0 Å². The molecule has 0 spiro atoms. The van der Waals surface area contributed by atoms with E-state index in [-0.39, 0.29) is 6.61 Å². The molecule has 3 fully saturated rings. The molecule has 16 heteroatoms. The van der Waals surface area contributed by atoms with Crippen LogP contribution in [0.1, 0.15) is 6.92 Å². The van der Waals surface area contributed by atoms with Crippen molar-refractivity contribution < 1.29 is 79.5 Å². The lowest BCUT2D eigenvalue weighted by atomic mass is 9.96. The Bertz CT molecular complexity index is 666. The third-order valence-electron chi connectivity index (χ3n) is 6.40. The first-order chi connectivity index (χ1) is 17.1. The van der Waals surface area contributed by atoms with Crippen LogP contribution in [0, 0.1) is 0 Å². The Kier molecular flexibility index (Phi) is 10.8. The molecule has 0 amide bonds. The molecule has 0 radical (unpaired) electrons. The Morgan fingerprint density at radius 3 is 1.33 bits per heavy atom. The van der Waals surface area contributed by atoms with Crippen LogP contribution in [-0.2, 0) is 28.4 Å². The zero-order valence-corrected chi connectivity index (χ0v) is 19.4. The summed E-state index contributed by atoms with van der Waals surface area (Å²) in [5, 5.41) is 101. The van der Waals surface area contributed by atoms with Gasteiger partial charge in [-0.05, 0) is 6.92 Å². The molecule has 0 unspecified atom stereocenters. The van der Waals surface area contributed by atoms with Gasteiger partial charge in [0, 0.05) is 6.61 Å². The fourth-order valence-electron chi connectivity index (χ4n) is 4.35. The normalized spacial score (nSPS) is 50.2. The van der Waals surface area contributed by atoms with Crippen LogP contribution in [0.15, 0.2) is 0 Å². The van der Waals surface area contributed by atoms with Crippen molar-refractivity contribution in [3.8, 4) is 0 Å². The van der Waals surface area contributed by atoms with Crippen molar-refractivity contribution in [3.05, 3.63) is 0 Å². The van der Waals surface area contributed by atoms with E-state index >= 15 is 0 Å². The maximum atomic E-state index is 10.7. The fourth-order valence-corrected chi connectivity index (χ4v) is 4.35. The molecule has 212 valence electrons. The van der Waals surface area contributed by atoms with Crippen molar-refractivity contribution in [2.24, 2.45) is 0 Å². The zero-order valence-electron chi connectivity index (χ0n) is 19.4. The smallest absolute Gasteiger partial charge is 0.187 e. The van der Waals surface area contributed by atoms with Crippen LogP contribution in [0.4, 0.5) is 0 Å². The van der Waals surface area contributed by atoms with E-state index in [1.54, 1.807) is 6.92 Å². The molecule has 3 rings (SSSR count). The van der Waals surface area contributed by atoms with Gasteiger partial charge in [-0.2, -0.15) is 0 Å². The molecule has 0 aliphatic carbocycles. The second-order valence-corrected chi connectivity index (χ2v) is 8.77. The third-order valence-corrected chi connectivity index (χ3v) is 6.40. The van der Waals surface area contributed by atoms with Gasteiger partial charge in [-0.1, -0.05) is 0 Å². The minimum Gasteiger partial charge on any atom is -0.394 e. The van der Waals surface area contributed by atoms with Gasteiger partial charge in [-0.25, -0.2) is 0 Å². The lowest BCUT2D eigenvalue weighted by Gasteiger charge is -2.48. The van der Waals surface area contributed by atoms with Crippen LogP contribution < -0.4 is 0 Å². The van der Waals surface area contributed by atoms with E-state index in [9.17, 15) is 51.1 Å². The maximum Gasteiger partial charge on any atom is 0.187 e. The predicted molar refractivity (Wildman–Crippen MR) is 111 cm³/mol. The summed E-state index contributed by atoms with van der Waals surface area (Å²) in [7, 11) is 0. The van der Waals surface area contributed by atoms with Crippen LogP contribution in [0.5, 0.6) is 0 Å². The van der Waals surface area contributed by atoms with Crippen LogP contribution >= 0.6 is 0 Å². The van der Waals surface area contributed by atoms with Crippen molar-refractivity contribution in [2.45, 2.75) is 99.0 Å². The summed E-state index contributed by atoms with van der Waals surface area (Å²) in [6.45, 7) is -0.430. The Hall–Kier alpha value is -0.640. The standard InChI is InChI=1S/C20H36O16/c1-2-31-18-14(29)11(26)16(7(4-22)33-18)36-20-15(30)12(27)17(8(5-23)34-20)35-19-13(28)10(25)9(24)6(3-21)32-19/h6-30H,2-5H2,1H3/t6-,7-,8-,9+,10+,11-,12-,13-,14-,15-,16-,17+,18-,19-,20+/m1/s1. The quantitative estimate of drug-likeness (QED) is 0.132. The molecule has 0 bridgehead atoms. The number of aliphatic hydroxyl groups is 10. The Labute approximate surface area is 205 Å². The molecule has 0 aromatic rings. The van der Waals surface area contributed by atoms with Crippen molar-refractivity contribution >= 4 is 0 Å². The largest absolute Gasteiger partial charge is 0.394 e.